The summed E-state index contributed by atoms with van der Waals surface area (Å²) in [5.74, 6) is 0.511. The minimum Gasteiger partial charge on any atom is -0.381 e. The number of aryl methyl sites for hydroxylation is 2. The zero-order valence-electron chi connectivity index (χ0n) is 7.77. The first-order valence-corrected chi connectivity index (χ1v) is 5.90. The van der Waals surface area contributed by atoms with Gasteiger partial charge in [0, 0.05) is 12.4 Å². The monoisotopic (exact) mass is 333 g/mol. The number of rotatable bonds is 3. The van der Waals surface area contributed by atoms with Gasteiger partial charge in [0.15, 0.2) is 5.82 Å². The molecule has 0 bridgehead atoms. The smallest absolute Gasteiger partial charge is 0.159 e. The van der Waals surface area contributed by atoms with Crippen LogP contribution in [0.15, 0.2) is 27.5 Å². The summed E-state index contributed by atoms with van der Waals surface area (Å²) in [6, 6.07) is 0. The van der Waals surface area contributed by atoms with Gasteiger partial charge in [-0.1, -0.05) is 0 Å². The second kappa shape index (κ2) is 4.36. The molecule has 0 aromatic carbocycles. The molecule has 0 atom stereocenters. The molecule has 2 N–H and O–H groups in total. The summed E-state index contributed by atoms with van der Waals surface area (Å²) in [7, 11) is 0. The molecule has 2 aromatic heterocycles. The minimum atomic E-state index is 0.511. The average Bonchev–Trinajstić information content (AvgIpc) is 2.72. The molecule has 2 rings (SSSR count). The van der Waals surface area contributed by atoms with Gasteiger partial charge in [-0.2, -0.15) is 10.2 Å². The predicted octanol–water partition coefficient (Wildman–Crippen LogP) is 1.89. The molecule has 0 fully saturated rings. The molecule has 80 valence electrons. The Morgan fingerprint density at radius 2 is 1.93 bits per heavy atom. The molecule has 0 aliphatic heterocycles. The first-order valence-electron chi connectivity index (χ1n) is 4.31. The normalized spacial score (nSPS) is 10.8. The van der Waals surface area contributed by atoms with Crippen LogP contribution < -0.4 is 5.73 Å². The van der Waals surface area contributed by atoms with Gasteiger partial charge in [0.05, 0.1) is 28.2 Å². The van der Waals surface area contributed by atoms with Crippen molar-refractivity contribution in [3.05, 3.63) is 27.5 Å². The van der Waals surface area contributed by atoms with E-state index >= 15 is 0 Å². The van der Waals surface area contributed by atoms with Crippen LogP contribution in [0.25, 0.3) is 0 Å². The van der Waals surface area contributed by atoms with Gasteiger partial charge in [0.25, 0.3) is 0 Å². The maximum Gasteiger partial charge on any atom is 0.159 e. The van der Waals surface area contributed by atoms with Crippen molar-refractivity contribution in [2.24, 2.45) is 0 Å². The van der Waals surface area contributed by atoms with E-state index in [-0.39, 0.29) is 0 Å². The number of aromatic nitrogens is 4. The lowest BCUT2D eigenvalue weighted by molar-refractivity contribution is 0.501. The standard InChI is InChI=1S/C8H9Br2N5/c9-6-3-12-14(4-6)1-2-15-5-7(10)8(11)13-15/h3-5H,1-2H2,(H2,11,13). The van der Waals surface area contributed by atoms with E-state index in [9.17, 15) is 0 Å². The molecule has 0 saturated heterocycles. The van der Waals surface area contributed by atoms with Crippen molar-refractivity contribution in [3.63, 3.8) is 0 Å². The van der Waals surface area contributed by atoms with Crippen molar-refractivity contribution in [1.29, 1.82) is 0 Å². The Bertz CT molecular complexity index is 442. The molecular formula is C8H9Br2N5. The van der Waals surface area contributed by atoms with Crippen LogP contribution >= 0.6 is 31.9 Å². The summed E-state index contributed by atoms with van der Waals surface area (Å²) in [5, 5.41) is 8.27. The number of nitrogens with zero attached hydrogens (tertiary/aromatic N) is 4. The molecule has 0 amide bonds. The number of anilines is 1. The highest BCUT2D eigenvalue weighted by atomic mass is 79.9. The molecular weight excluding hydrogens is 326 g/mol. The van der Waals surface area contributed by atoms with Gasteiger partial charge in [-0.25, -0.2) is 0 Å². The summed E-state index contributed by atoms with van der Waals surface area (Å²) in [6.45, 7) is 1.50. The number of hydrogen-bond acceptors (Lipinski definition) is 3. The highest BCUT2D eigenvalue weighted by Crippen LogP contribution is 2.16. The van der Waals surface area contributed by atoms with E-state index in [4.69, 9.17) is 5.73 Å². The molecule has 0 unspecified atom stereocenters. The van der Waals surface area contributed by atoms with Crippen molar-refractivity contribution in [2.75, 3.05) is 5.73 Å². The molecule has 0 aliphatic carbocycles. The van der Waals surface area contributed by atoms with Crippen LogP contribution in [0.5, 0.6) is 0 Å². The molecule has 5 nitrogen and oxygen atoms in total. The Morgan fingerprint density at radius 3 is 2.47 bits per heavy atom. The summed E-state index contributed by atoms with van der Waals surface area (Å²) < 4.78 is 5.43. The zero-order valence-corrected chi connectivity index (χ0v) is 10.9. The van der Waals surface area contributed by atoms with Gasteiger partial charge >= 0.3 is 0 Å². The molecule has 0 aliphatic rings. The van der Waals surface area contributed by atoms with Crippen LogP contribution in [0.3, 0.4) is 0 Å². The largest absolute Gasteiger partial charge is 0.381 e. The molecule has 0 radical (unpaired) electrons. The molecule has 0 spiro atoms. The van der Waals surface area contributed by atoms with Crippen molar-refractivity contribution >= 4 is 37.7 Å². The van der Waals surface area contributed by atoms with Crippen molar-refractivity contribution in [1.82, 2.24) is 19.6 Å². The van der Waals surface area contributed by atoms with Crippen LogP contribution in [0.1, 0.15) is 0 Å². The summed E-state index contributed by atoms with van der Waals surface area (Å²) in [6.07, 6.45) is 5.53. The van der Waals surface area contributed by atoms with Gasteiger partial charge in [-0.05, 0) is 31.9 Å². The lowest BCUT2D eigenvalue weighted by Gasteiger charge is -2.01. The summed E-state index contributed by atoms with van der Waals surface area (Å²) in [5.41, 5.74) is 5.60. The van der Waals surface area contributed by atoms with Crippen LogP contribution in [0.2, 0.25) is 0 Å². The fourth-order valence-corrected chi connectivity index (χ4v) is 1.84. The number of hydrogen-bond donors (Lipinski definition) is 1. The van der Waals surface area contributed by atoms with Gasteiger partial charge in [0.2, 0.25) is 0 Å². The highest BCUT2D eigenvalue weighted by molar-refractivity contribution is 9.10. The Kier molecular flexibility index (Phi) is 3.11. The van der Waals surface area contributed by atoms with E-state index in [1.54, 1.807) is 10.9 Å². The van der Waals surface area contributed by atoms with Crippen molar-refractivity contribution < 1.29 is 0 Å². The third-order valence-electron chi connectivity index (χ3n) is 1.90. The predicted molar refractivity (Wildman–Crippen MR) is 64.3 cm³/mol. The maximum absolute atomic E-state index is 5.60. The topological polar surface area (TPSA) is 61.7 Å². The zero-order chi connectivity index (χ0) is 10.8. The molecule has 2 aromatic rings. The van der Waals surface area contributed by atoms with E-state index in [1.807, 2.05) is 17.1 Å². The third kappa shape index (κ3) is 2.60. The highest BCUT2D eigenvalue weighted by Gasteiger charge is 2.02. The van der Waals surface area contributed by atoms with Crippen LogP contribution in [0.4, 0.5) is 5.82 Å². The molecule has 7 heteroatoms. The summed E-state index contributed by atoms with van der Waals surface area (Å²) in [4.78, 5) is 0. The van der Waals surface area contributed by atoms with Gasteiger partial charge in [0.1, 0.15) is 0 Å². The lowest BCUT2D eigenvalue weighted by atomic mass is 10.6. The second-order valence-corrected chi connectivity index (χ2v) is 4.82. The number of nitrogens with two attached hydrogens (primary N) is 1. The summed E-state index contributed by atoms with van der Waals surface area (Å²) >= 11 is 6.65. The molecule has 0 saturated carbocycles. The van der Waals surface area contributed by atoms with E-state index in [0.29, 0.717) is 5.82 Å². The maximum atomic E-state index is 5.60. The third-order valence-corrected chi connectivity index (χ3v) is 2.92. The fraction of sp³-hybridized carbons (Fsp3) is 0.250. The average molecular weight is 335 g/mol. The van der Waals surface area contributed by atoms with Gasteiger partial charge in [-0.15, -0.1) is 0 Å². The van der Waals surface area contributed by atoms with Crippen molar-refractivity contribution in [2.45, 2.75) is 13.1 Å². The second-order valence-electron chi connectivity index (χ2n) is 3.05. The number of nitrogen functional groups attached to an aromatic ring is 1. The van der Waals surface area contributed by atoms with Crippen LogP contribution in [0, 0.1) is 0 Å². The fourth-order valence-electron chi connectivity index (χ4n) is 1.19. The van der Waals surface area contributed by atoms with Gasteiger partial charge < -0.3 is 5.73 Å². The first kappa shape index (κ1) is 10.7. The SMILES string of the molecule is Nc1nn(CCn2cc(Br)cn2)cc1Br. The van der Waals surface area contributed by atoms with Crippen molar-refractivity contribution in [3.8, 4) is 0 Å². The van der Waals surface area contributed by atoms with E-state index in [0.717, 1.165) is 22.0 Å². The molecule has 15 heavy (non-hydrogen) atoms. The van der Waals surface area contributed by atoms with Crippen LogP contribution in [-0.4, -0.2) is 19.6 Å². The lowest BCUT2D eigenvalue weighted by Crippen LogP contribution is -2.08. The Labute approximate surface area is 104 Å². The van der Waals surface area contributed by atoms with E-state index < -0.39 is 0 Å². The van der Waals surface area contributed by atoms with Gasteiger partial charge in [-0.3, -0.25) is 9.36 Å². The minimum absolute atomic E-state index is 0.511. The Balaban J connectivity index is 1.99. The van der Waals surface area contributed by atoms with E-state index in [1.165, 1.54) is 0 Å². The van der Waals surface area contributed by atoms with E-state index in [2.05, 4.69) is 42.1 Å². The molecule has 2 heterocycles. The first-order chi connectivity index (χ1) is 7.15. The van der Waals surface area contributed by atoms with Crippen LogP contribution in [-0.2, 0) is 13.1 Å². The quantitative estimate of drug-likeness (QED) is 0.932. The Hall–Kier alpha value is -0.820. The number of halogens is 2. The Morgan fingerprint density at radius 1 is 1.20 bits per heavy atom.